The minimum atomic E-state index is -4.88. The van der Waals surface area contributed by atoms with Gasteiger partial charge in [-0.25, -0.2) is 9.97 Å². The van der Waals surface area contributed by atoms with Gasteiger partial charge >= 0.3 is 6.18 Å². The van der Waals surface area contributed by atoms with Crippen LogP contribution in [0.5, 0.6) is 17.2 Å². The number of anilines is 2. The minimum Gasteiger partial charge on any atom is -0.494 e. The van der Waals surface area contributed by atoms with Gasteiger partial charge < -0.3 is 44.2 Å². The van der Waals surface area contributed by atoms with Crippen molar-refractivity contribution in [2.75, 3.05) is 36.2 Å². The quantitative estimate of drug-likeness (QED) is 0.0569. The number of carbonyl (C=O) groups is 4. The smallest absolute Gasteiger partial charge is 0.419 e. The fraction of sp³-hybridized carbons (Fsp3) is 0.385. The molecule has 3 aromatic carbocycles. The molecule has 21 heteroatoms. The molecule has 0 spiro atoms. The first-order valence-corrected chi connectivity index (χ1v) is 23.8. The Kier molecular flexibility index (Phi) is 16.2. The molecule has 384 valence electrons. The Balaban J connectivity index is 0.824. The summed E-state index contributed by atoms with van der Waals surface area (Å²) in [4.78, 5) is 65.6. The number of nitrogens with zero attached hydrogens (tertiary/aromatic N) is 6. The fourth-order valence-corrected chi connectivity index (χ4v) is 8.91. The van der Waals surface area contributed by atoms with Crippen molar-refractivity contribution in [3.8, 4) is 34.6 Å². The van der Waals surface area contributed by atoms with Gasteiger partial charge in [0.05, 0.1) is 35.9 Å². The predicted molar refractivity (Wildman–Crippen MR) is 265 cm³/mol. The molecule has 2 fully saturated rings. The number of likely N-dealkylation sites (tertiary alicyclic amines) is 1. The number of pyridine rings is 1. The first kappa shape index (κ1) is 53.4. The van der Waals surface area contributed by atoms with E-state index in [1.54, 1.807) is 83.1 Å². The molecule has 17 nitrogen and oxygen atoms in total. The van der Waals surface area contributed by atoms with Crippen molar-refractivity contribution >= 4 is 52.3 Å². The molecule has 0 bridgehead atoms. The van der Waals surface area contributed by atoms with Gasteiger partial charge in [0.15, 0.2) is 23.0 Å². The molecule has 73 heavy (non-hydrogen) atoms. The highest BCUT2D eigenvalue weighted by molar-refractivity contribution is 7.81. The van der Waals surface area contributed by atoms with E-state index in [-0.39, 0.29) is 43.5 Å². The molecule has 2 aliphatic rings. The fourth-order valence-electron chi connectivity index (χ4n) is 8.38. The number of oxazole rings is 1. The molecule has 7 rings (SSSR count). The lowest BCUT2D eigenvalue weighted by atomic mass is 9.85. The van der Waals surface area contributed by atoms with Gasteiger partial charge in [-0.2, -0.15) is 18.4 Å². The maximum Gasteiger partial charge on any atom is 0.419 e. The second-order valence-corrected chi connectivity index (χ2v) is 19.5. The number of benzene rings is 3. The number of halogens is 3. The maximum atomic E-state index is 14.0. The molecule has 1 unspecified atom stereocenters. The topological polar surface area (TPSA) is 213 Å². The number of aliphatic hydroxyl groups excluding tert-OH is 1. The molecule has 0 radical (unpaired) electrons. The van der Waals surface area contributed by atoms with Crippen LogP contribution >= 0.6 is 12.2 Å². The zero-order valence-electron chi connectivity index (χ0n) is 41.0. The molecule has 2 aliphatic heterocycles. The highest BCUT2D eigenvalue weighted by Gasteiger charge is 2.51. The van der Waals surface area contributed by atoms with Crippen molar-refractivity contribution in [2.24, 2.45) is 5.41 Å². The number of ether oxygens (including phenoxy) is 3. The standard InChI is InChI=1S/C52H55F3N8O9S/c1-31-44(71-30-59-31)33-11-9-32(10-12-33)26-58-46(66)42-24-36(64)28-61(42)47(67)45(50(2,3)4)60-43(65)29-69-21-7-8-22-70-37-17-19-39(20-18-37)72-38-15-13-34(14-16-38)63-49(73)62(48(68)51(63,5)6)35-23-40(52(53,54)55)41(25-56)57-27-35/h9-20,23,27,30,36,42,45,64H,7-8,21-22,24,26,28-29H2,1-6H3,(H,58,66)(H,60,65)/t36-,42+,45?/m1/s1. The second-order valence-electron chi connectivity index (χ2n) is 19.1. The molecular weight excluding hydrogens is 970 g/mol. The van der Waals surface area contributed by atoms with Gasteiger partial charge in [0.25, 0.3) is 5.91 Å². The Morgan fingerprint density at radius 1 is 0.959 bits per heavy atom. The van der Waals surface area contributed by atoms with Crippen molar-refractivity contribution in [2.45, 2.75) is 97.3 Å². The molecule has 4 amide bonds. The third kappa shape index (κ3) is 12.4. The van der Waals surface area contributed by atoms with E-state index in [4.69, 9.17) is 36.1 Å². The summed E-state index contributed by atoms with van der Waals surface area (Å²) in [7, 11) is 0. The Labute approximate surface area is 425 Å². The number of nitrogens with one attached hydrogen (secondary N) is 2. The zero-order chi connectivity index (χ0) is 52.8. The van der Waals surface area contributed by atoms with Crippen LogP contribution in [0.3, 0.4) is 0 Å². The van der Waals surface area contributed by atoms with E-state index < -0.39 is 70.2 Å². The van der Waals surface area contributed by atoms with E-state index in [9.17, 15) is 37.5 Å². The lowest BCUT2D eigenvalue weighted by Gasteiger charge is -2.35. The number of nitriles is 1. The summed E-state index contributed by atoms with van der Waals surface area (Å²) in [5.74, 6) is 0.252. The summed E-state index contributed by atoms with van der Waals surface area (Å²) < 4.78 is 64.1. The number of rotatable bonds is 18. The second kappa shape index (κ2) is 22.1. The average Bonchev–Trinajstić information content (AvgIpc) is 4.01. The van der Waals surface area contributed by atoms with Crippen LogP contribution in [0.1, 0.15) is 76.4 Å². The molecule has 4 heterocycles. The zero-order valence-corrected chi connectivity index (χ0v) is 41.8. The molecule has 5 aromatic rings. The average molecular weight is 1030 g/mol. The van der Waals surface area contributed by atoms with E-state index >= 15 is 0 Å². The van der Waals surface area contributed by atoms with Gasteiger partial charge in [-0.15, -0.1) is 0 Å². The first-order chi connectivity index (χ1) is 34.6. The summed E-state index contributed by atoms with van der Waals surface area (Å²) in [5.41, 5.74) is -1.39. The van der Waals surface area contributed by atoms with E-state index in [1.807, 2.05) is 31.2 Å². The third-order valence-corrected chi connectivity index (χ3v) is 12.6. The number of alkyl halides is 3. The van der Waals surface area contributed by atoms with Crippen molar-refractivity contribution in [1.82, 2.24) is 25.5 Å². The number of amides is 4. The molecule has 0 aliphatic carbocycles. The van der Waals surface area contributed by atoms with Gasteiger partial charge in [0.2, 0.25) is 17.7 Å². The summed E-state index contributed by atoms with van der Waals surface area (Å²) in [6, 6.07) is 21.3. The van der Waals surface area contributed by atoms with E-state index in [2.05, 4.69) is 20.6 Å². The van der Waals surface area contributed by atoms with E-state index in [1.165, 1.54) is 22.3 Å². The van der Waals surface area contributed by atoms with Crippen LogP contribution in [0.25, 0.3) is 11.3 Å². The number of hydrogen-bond acceptors (Lipinski definition) is 13. The van der Waals surface area contributed by atoms with Crippen LogP contribution in [-0.4, -0.2) is 98.8 Å². The number of hydrogen-bond donors (Lipinski definition) is 3. The lowest BCUT2D eigenvalue weighted by Crippen LogP contribution is -2.58. The SMILES string of the molecule is Cc1ncoc1-c1ccc(CNC(=O)[C@@H]2C[C@@H](O)CN2C(=O)C(NC(=O)COCCCCOc2ccc(Oc3ccc(N4C(=S)N(c5cnc(C#N)c(C(F)(F)F)c5)C(=O)C4(C)C)cc3)cc2)C(C)(C)C)cc1. The van der Waals surface area contributed by atoms with Crippen LogP contribution in [-0.2, 0) is 36.6 Å². The van der Waals surface area contributed by atoms with Gasteiger partial charge in [-0.05, 0) is 111 Å². The number of thiocarbonyl (C=S) groups is 1. The number of β-amino-alcohol motifs (C(OH)–C–C–N with tert-alkyl or cyclic N) is 1. The summed E-state index contributed by atoms with van der Waals surface area (Å²) in [6.45, 7) is 10.9. The minimum absolute atomic E-state index is 0.0507. The summed E-state index contributed by atoms with van der Waals surface area (Å²) in [6.07, 6.45) is -2.13. The Bertz CT molecular complexity index is 2860. The van der Waals surface area contributed by atoms with Crippen molar-refractivity contribution in [1.29, 1.82) is 5.26 Å². The predicted octanol–water partition coefficient (Wildman–Crippen LogP) is 7.63. The Hall–Kier alpha value is -7.41. The van der Waals surface area contributed by atoms with Gasteiger partial charge in [-0.3, -0.25) is 24.1 Å². The van der Waals surface area contributed by atoms with E-state index in [0.717, 1.165) is 27.9 Å². The van der Waals surface area contributed by atoms with Gasteiger partial charge in [-0.1, -0.05) is 45.0 Å². The lowest BCUT2D eigenvalue weighted by molar-refractivity contribution is -0.144. The Morgan fingerprint density at radius 3 is 2.22 bits per heavy atom. The number of aromatic nitrogens is 2. The van der Waals surface area contributed by atoms with Crippen molar-refractivity contribution in [3.05, 3.63) is 114 Å². The van der Waals surface area contributed by atoms with Crippen LogP contribution in [0.4, 0.5) is 24.5 Å². The van der Waals surface area contributed by atoms with Crippen molar-refractivity contribution in [3.63, 3.8) is 0 Å². The highest BCUT2D eigenvalue weighted by atomic mass is 32.1. The third-order valence-electron chi connectivity index (χ3n) is 12.3. The van der Waals surface area contributed by atoms with Gasteiger partial charge in [0.1, 0.15) is 47.5 Å². The van der Waals surface area contributed by atoms with Crippen LogP contribution in [0.2, 0.25) is 0 Å². The Morgan fingerprint density at radius 2 is 1.60 bits per heavy atom. The maximum absolute atomic E-state index is 14.0. The molecular formula is C52H55F3N8O9S. The summed E-state index contributed by atoms with van der Waals surface area (Å²) >= 11 is 5.61. The number of aryl methyl sites for hydroxylation is 1. The first-order valence-electron chi connectivity index (χ1n) is 23.4. The number of carbonyl (C=O) groups excluding carboxylic acids is 4. The van der Waals surface area contributed by atoms with Crippen molar-refractivity contribution < 1.29 is 56.1 Å². The molecule has 3 atom stereocenters. The number of aliphatic hydroxyl groups is 1. The van der Waals surface area contributed by atoms with Crippen LogP contribution < -0.4 is 29.9 Å². The number of unbranched alkanes of at least 4 members (excludes halogenated alkanes) is 1. The monoisotopic (exact) mass is 1020 g/mol. The molecule has 3 N–H and O–H groups in total. The van der Waals surface area contributed by atoms with Crippen LogP contribution in [0.15, 0.2) is 95.9 Å². The molecule has 0 saturated carbocycles. The van der Waals surface area contributed by atoms with Crippen LogP contribution in [0, 0.1) is 23.7 Å². The molecule has 2 aromatic heterocycles. The molecule has 2 saturated heterocycles. The normalized spacial score (nSPS) is 17.1. The van der Waals surface area contributed by atoms with E-state index in [0.29, 0.717) is 54.2 Å². The highest BCUT2D eigenvalue weighted by Crippen LogP contribution is 2.40. The largest absolute Gasteiger partial charge is 0.494 e. The van der Waals surface area contributed by atoms with Gasteiger partial charge in [0, 0.05) is 37.4 Å². The summed E-state index contributed by atoms with van der Waals surface area (Å²) in [5, 5.41) is 25.3.